The van der Waals surface area contributed by atoms with Crippen LogP contribution in [0.5, 0.6) is 5.88 Å². The molecule has 3 heterocycles. The molecule has 1 aromatic carbocycles. The summed E-state index contributed by atoms with van der Waals surface area (Å²) in [5.41, 5.74) is 2.49. The molecule has 4 rings (SSSR count). The summed E-state index contributed by atoms with van der Waals surface area (Å²) in [4.78, 5) is 23.7. The second-order valence-corrected chi connectivity index (χ2v) is 6.77. The number of hydrogen-bond acceptors (Lipinski definition) is 6. The van der Waals surface area contributed by atoms with Gasteiger partial charge >= 0.3 is 5.97 Å². The summed E-state index contributed by atoms with van der Waals surface area (Å²) in [6, 6.07) is 11.9. The lowest BCUT2D eigenvalue weighted by Crippen LogP contribution is -2.26. The third-order valence-corrected chi connectivity index (χ3v) is 5.29. The monoisotopic (exact) mass is 380 g/mol. The van der Waals surface area contributed by atoms with Crippen LogP contribution in [0.15, 0.2) is 36.4 Å². The van der Waals surface area contributed by atoms with E-state index in [9.17, 15) is 4.79 Å². The first-order valence-corrected chi connectivity index (χ1v) is 9.53. The average Bonchev–Trinajstić information content (AvgIpc) is 3.36. The molecular weight excluding hydrogens is 356 g/mol. The normalized spacial score (nSPS) is 16.5. The quantitative estimate of drug-likeness (QED) is 0.630. The minimum absolute atomic E-state index is 0.133. The molecule has 0 radical (unpaired) electrons. The van der Waals surface area contributed by atoms with E-state index in [1.165, 1.54) is 14.2 Å². The molecule has 1 atom stereocenters. The van der Waals surface area contributed by atoms with Gasteiger partial charge in [-0.25, -0.2) is 9.78 Å². The Kier molecular flexibility index (Phi) is 4.90. The summed E-state index contributed by atoms with van der Waals surface area (Å²) in [6.45, 7) is 3.88. The van der Waals surface area contributed by atoms with Crippen molar-refractivity contribution < 1.29 is 14.3 Å². The van der Waals surface area contributed by atoms with E-state index in [0.29, 0.717) is 5.56 Å². The molecule has 7 nitrogen and oxygen atoms in total. The van der Waals surface area contributed by atoms with Crippen LogP contribution >= 0.6 is 0 Å². The summed E-state index contributed by atoms with van der Waals surface area (Å²) in [5.74, 6) is 1.65. The molecule has 0 N–H and O–H groups in total. The zero-order valence-corrected chi connectivity index (χ0v) is 16.4. The fourth-order valence-electron chi connectivity index (χ4n) is 4.00. The largest absolute Gasteiger partial charge is 0.480 e. The Morgan fingerprint density at radius 3 is 2.75 bits per heavy atom. The standard InChI is InChI=1S/C21H24N4O3/c1-4-24-16-9-6-5-8-15(16)22-19(24)17-10-7-13-25(17)18-12-11-14(21(26)28-3)20(23-18)27-2/h5-6,8-9,11-12,17H,4,7,10,13H2,1-3H3. The van der Waals surface area contributed by atoms with E-state index >= 15 is 0 Å². The SMILES string of the molecule is CCn1c(C2CCCN2c2ccc(C(=O)OC)c(OC)n2)nc2ccccc21. The maximum atomic E-state index is 11.9. The number of esters is 1. The van der Waals surface area contributed by atoms with Crippen LogP contribution in [0.4, 0.5) is 5.82 Å². The summed E-state index contributed by atoms with van der Waals surface area (Å²) >= 11 is 0. The highest BCUT2D eigenvalue weighted by molar-refractivity contribution is 5.92. The number of anilines is 1. The molecule has 1 saturated heterocycles. The third-order valence-electron chi connectivity index (χ3n) is 5.29. The van der Waals surface area contributed by atoms with Crippen LogP contribution in [-0.2, 0) is 11.3 Å². The molecule has 1 fully saturated rings. The van der Waals surface area contributed by atoms with E-state index in [1.54, 1.807) is 6.07 Å². The first-order valence-electron chi connectivity index (χ1n) is 9.53. The van der Waals surface area contributed by atoms with Gasteiger partial charge < -0.3 is 18.9 Å². The average molecular weight is 380 g/mol. The Balaban J connectivity index is 1.74. The second kappa shape index (κ2) is 7.50. The molecule has 0 amide bonds. The molecule has 7 heteroatoms. The van der Waals surface area contributed by atoms with Crippen molar-refractivity contribution in [3.8, 4) is 5.88 Å². The van der Waals surface area contributed by atoms with Crippen molar-refractivity contribution in [2.24, 2.45) is 0 Å². The van der Waals surface area contributed by atoms with Crippen LogP contribution in [0.1, 0.15) is 42.0 Å². The second-order valence-electron chi connectivity index (χ2n) is 6.77. The maximum absolute atomic E-state index is 11.9. The Hall–Kier alpha value is -3.09. The Bertz CT molecular complexity index is 1010. The van der Waals surface area contributed by atoms with Gasteiger partial charge in [0, 0.05) is 13.1 Å². The van der Waals surface area contributed by atoms with E-state index in [2.05, 4.69) is 33.5 Å². The van der Waals surface area contributed by atoms with Crippen molar-refractivity contribution >= 4 is 22.8 Å². The number of methoxy groups -OCH3 is 2. The summed E-state index contributed by atoms with van der Waals surface area (Å²) in [7, 11) is 2.86. The number of rotatable bonds is 5. The van der Waals surface area contributed by atoms with Crippen molar-refractivity contribution in [2.45, 2.75) is 32.4 Å². The fraction of sp³-hybridized carbons (Fsp3) is 0.381. The van der Waals surface area contributed by atoms with Crippen molar-refractivity contribution in [3.63, 3.8) is 0 Å². The molecule has 0 spiro atoms. The number of pyridine rings is 1. The van der Waals surface area contributed by atoms with Crippen LogP contribution in [0.25, 0.3) is 11.0 Å². The van der Waals surface area contributed by atoms with Gasteiger partial charge in [0.2, 0.25) is 5.88 Å². The van der Waals surface area contributed by atoms with Gasteiger partial charge in [0.05, 0.1) is 31.3 Å². The number of benzene rings is 1. The lowest BCUT2D eigenvalue weighted by atomic mass is 10.2. The molecule has 0 aliphatic carbocycles. The van der Waals surface area contributed by atoms with Crippen LogP contribution in [0.2, 0.25) is 0 Å². The topological polar surface area (TPSA) is 69.5 Å². The van der Waals surface area contributed by atoms with Crippen molar-refractivity contribution in [3.05, 3.63) is 47.8 Å². The molecule has 1 unspecified atom stereocenters. The third kappa shape index (κ3) is 2.96. The smallest absolute Gasteiger partial charge is 0.343 e. The number of hydrogen-bond donors (Lipinski definition) is 0. The van der Waals surface area contributed by atoms with Crippen molar-refractivity contribution in [2.75, 3.05) is 25.7 Å². The van der Waals surface area contributed by atoms with Gasteiger partial charge in [-0.1, -0.05) is 12.1 Å². The number of fused-ring (bicyclic) bond motifs is 1. The first-order chi connectivity index (χ1) is 13.7. The Morgan fingerprint density at radius 1 is 1.18 bits per heavy atom. The number of aryl methyl sites for hydroxylation is 1. The van der Waals surface area contributed by atoms with E-state index < -0.39 is 5.97 Å². The Labute approximate surface area is 163 Å². The van der Waals surface area contributed by atoms with Gasteiger partial charge in [0.15, 0.2) is 0 Å². The minimum atomic E-state index is -0.457. The van der Waals surface area contributed by atoms with Gasteiger partial charge in [-0.2, -0.15) is 4.98 Å². The predicted molar refractivity (Wildman–Crippen MR) is 107 cm³/mol. The number of aromatic nitrogens is 3. The number of ether oxygens (including phenoxy) is 2. The fourth-order valence-corrected chi connectivity index (χ4v) is 4.00. The predicted octanol–water partition coefficient (Wildman–Crippen LogP) is 3.59. The van der Waals surface area contributed by atoms with Gasteiger partial charge in [0.1, 0.15) is 17.2 Å². The van der Waals surface area contributed by atoms with Crippen LogP contribution < -0.4 is 9.64 Å². The molecule has 2 aromatic heterocycles. The number of imidazole rings is 1. The highest BCUT2D eigenvalue weighted by Crippen LogP contribution is 2.37. The molecule has 1 aliphatic rings. The molecule has 28 heavy (non-hydrogen) atoms. The molecular formula is C21H24N4O3. The van der Waals surface area contributed by atoms with Gasteiger partial charge in [-0.15, -0.1) is 0 Å². The number of para-hydroxylation sites is 2. The lowest BCUT2D eigenvalue weighted by molar-refractivity contribution is 0.0596. The summed E-state index contributed by atoms with van der Waals surface area (Å²) in [6.07, 6.45) is 2.06. The van der Waals surface area contributed by atoms with Crippen LogP contribution in [0, 0.1) is 0 Å². The highest BCUT2D eigenvalue weighted by atomic mass is 16.5. The summed E-state index contributed by atoms with van der Waals surface area (Å²) < 4.78 is 12.4. The number of carbonyl (C=O) groups is 1. The molecule has 146 valence electrons. The van der Waals surface area contributed by atoms with E-state index in [0.717, 1.165) is 48.6 Å². The number of carbonyl (C=O) groups excluding carboxylic acids is 1. The van der Waals surface area contributed by atoms with E-state index in [4.69, 9.17) is 14.5 Å². The van der Waals surface area contributed by atoms with Crippen molar-refractivity contribution in [1.82, 2.24) is 14.5 Å². The van der Waals surface area contributed by atoms with Crippen LogP contribution in [0.3, 0.4) is 0 Å². The lowest BCUT2D eigenvalue weighted by Gasteiger charge is -2.26. The minimum Gasteiger partial charge on any atom is -0.480 e. The van der Waals surface area contributed by atoms with Gasteiger partial charge in [-0.3, -0.25) is 0 Å². The zero-order valence-electron chi connectivity index (χ0n) is 16.4. The van der Waals surface area contributed by atoms with Crippen LogP contribution in [-0.4, -0.2) is 41.3 Å². The molecule has 1 aliphatic heterocycles. The first kappa shape index (κ1) is 18.3. The van der Waals surface area contributed by atoms with Gasteiger partial charge in [-0.05, 0) is 44.0 Å². The highest BCUT2D eigenvalue weighted by Gasteiger charge is 2.32. The van der Waals surface area contributed by atoms with Gasteiger partial charge in [0.25, 0.3) is 0 Å². The van der Waals surface area contributed by atoms with Crippen molar-refractivity contribution in [1.29, 1.82) is 0 Å². The molecule has 0 bridgehead atoms. The summed E-state index contributed by atoms with van der Waals surface area (Å²) in [5, 5.41) is 0. The zero-order chi connectivity index (χ0) is 19.7. The number of nitrogens with zero attached hydrogens (tertiary/aromatic N) is 4. The molecule has 3 aromatic rings. The maximum Gasteiger partial charge on any atom is 0.343 e. The van der Waals surface area contributed by atoms with E-state index in [1.807, 2.05) is 18.2 Å². The Morgan fingerprint density at radius 2 is 2.00 bits per heavy atom. The molecule has 0 saturated carbocycles. The van der Waals surface area contributed by atoms with E-state index in [-0.39, 0.29) is 11.9 Å².